The van der Waals surface area contributed by atoms with Gasteiger partial charge >= 0.3 is 11.9 Å². The van der Waals surface area contributed by atoms with E-state index >= 15 is 0 Å². The summed E-state index contributed by atoms with van der Waals surface area (Å²) in [6.07, 6.45) is 2.09. The van der Waals surface area contributed by atoms with Gasteiger partial charge in [0.25, 0.3) is 0 Å². The number of nitrogens with zero attached hydrogens (tertiary/aromatic N) is 1. The van der Waals surface area contributed by atoms with Gasteiger partial charge in [0.1, 0.15) is 11.6 Å². The second-order valence-corrected chi connectivity index (χ2v) is 4.88. The molecule has 0 bridgehead atoms. The maximum absolute atomic E-state index is 11.4. The molecule has 0 fully saturated rings. The highest BCUT2D eigenvalue weighted by Crippen LogP contribution is 2.21. The van der Waals surface area contributed by atoms with E-state index in [1.165, 1.54) is 11.3 Å². The molecule has 0 aliphatic carbocycles. The van der Waals surface area contributed by atoms with Crippen LogP contribution < -0.4 is 0 Å². The lowest BCUT2D eigenvalue weighted by Gasteiger charge is -1.98. The molecule has 2 rings (SSSR count). The summed E-state index contributed by atoms with van der Waals surface area (Å²) in [7, 11) is 0. The van der Waals surface area contributed by atoms with Gasteiger partial charge in [0.05, 0.1) is 16.8 Å². The average molecular weight is 291 g/mol. The minimum Gasteiger partial charge on any atom is -0.463 e. The van der Waals surface area contributed by atoms with Gasteiger partial charge in [0, 0.05) is 12.2 Å². The van der Waals surface area contributed by atoms with Crippen LogP contribution in [-0.2, 0) is 25.7 Å². The third-order valence-corrected chi connectivity index (χ3v) is 3.33. The Morgan fingerprint density at radius 3 is 2.60 bits per heavy atom. The van der Waals surface area contributed by atoms with Crippen molar-refractivity contribution < 1.29 is 19.1 Å². The molecule has 6 heteroatoms. The van der Waals surface area contributed by atoms with Crippen LogP contribution in [0.25, 0.3) is 10.2 Å². The predicted molar refractivity (Wildman–Crippen MR) is 75.2 cm³/mol. The predicted octanol–water partition coefficient (Wildman–Crippen LogP) is 2.46. The molecule has 20 heavy (non-hydrogen) atoms. The van der Waals surface area contributed by atoms with E-state index in [4.69, 9.17) is 4.74 Å². The Morgan fingerprint density at radius 2 is 1.90 bits per heavy atom. The molecule has 0 saturated heterocycles. The number of hydrogen-bond donors (Lipinski definition) is 0. The van der Waals surface area contributed by atoms with Crippen molar-refractivity contribution in [3.8, 4) is 0 Å². The van der Waals surface area contributed by atoms with E-state index < -0.39 is 11.9 Å². The Morgan fingerprint density at radius 1 is 1.20 bits per heavy atom. The number of fused-ring (bicyclic) bond motifs is 1. The first kappa shape index (κ1) is 14.2. The number of rotatable bonds is 5. The van der Waals surface area contributed by atoms with Crippen molar-refractivity contribution >= 4 is 33.5 Å². The number of carbonyl (C=O) groups excluding carboxylic acids is 2. The Hall–Kier alpha value is -2.21. The molecule has 0 N–H and O–H groups in total. The lowest BCUT2D eigenvalue weighted by Crippen LogP contribution is -2.04. The fraction of sp³-hybridized carbons (Fsp3) is 0.214. The maximum atomic E-state index is 11.4. The molecule has 104 valence electrons. The van der Waals surface area contributed by atoms with Crippen molar-refractivity contribution in [2.24, 2.45) is 0 Å². The molecule has 0 amide bonds. The van der Waals surface area contributed by atoms with E-state index in [9.17, 15) is 9.59 Å². The topological polar surface area (TPSA) is 65.5 Å². The second kappa shape index (κ2) is 6.81. The molecule has 0 unspecified atom stereocenters. The molecular weight excluding hydrogens is 278 g/mol. The van der Waals surface area contributed by atoms with Crippen LogP contribution >= 0.6 is 11.3 Å². The number of aromatic nitrogens is 1. The van der Waals surface area contributed by atoms with E-state index in [-0.39, 0.29) is 13.2 Å². The minimum atomic E-state index is -0.600. The van der Waals surface area contributed by atoms with Gasteiger partial charge in [0.2, 0.25) is 0 Å². The third-order valence-electron chi connectivity index (χ3n) is 2.32. The van der Waals surface area contributed by atoms with Crippen LogP contribution in [0.15, 0.2) is 36.4 Å². The summed E-state index contributed by atoms with van der Waals surface area (Å²) in [5.41, 5.74) is 0.880. The Balaban J connectivity index is 1.88. The summed E-state index contributed by atoms with van der Waals surface area (Å²) in [6, 6.07) is 7.69. The van der Waals surface area contributed by atoms with Crippen molar-refractivity contribution in [2.45, 2.75) is 13.5 Å². The first-order valence-corrected chi connectivity index (χ1v) is 6.86. The fourth-order valence-corrected chi connectivity index (χ4v) is 2.37. The summed E-state index contributed by atoms with van der Waals surface area (Å²) in [4.78, 5) is 26.7. The standard InChI is InChI=1S/C14H13NO4S/c1-2-18-13(16)7-8-14(17)19-9-12-15-10-5-3-4-6-11(10)20-12/h3-8H,2,9H2,1H3. The van der Waals surface area contributed by atoms with E-state index in [0.29, 0.717) is 5.01 Å². The third kappa shape index (κ3) is 3.89. The van der Waals surface area contributed by atoms with Gasteiger partial charge < -0.3 is 9.47 Å². The first-order valence-electron chi connectivity index (χ1n) is 6.05. The molecule has 0 saturated carbocycles. The van der Waals surface area contributed by atoms with Crippen molar-refractivity contribution in [3.05, 3.63) is 41.4 Å². The van der Waals surface area contributed by atoms with Crippen LogP contribution in [0.2, 0.25) is 0 Å². The zero-order chi connectivity index (χ0) is 14.4. The Kier molecular flexibility index (Phi) is 4.84. The minimum absolute atomic E-state index is 0.0886. The summed E-state index contributed by atoms with van der Waals surface area (Å²) in [5, 5.41) is 0.712. The number of thiazole rings is 1. The number of benzene rings is 1. The lowest BCUT2D eigenvalue weighted by molar-refractivity contribution is -0.141. The molecule has 0 aliphatic rings. The molecule has 1 heterocycles. The number of esters is 2. The van der Waals surface area contributed by atoms with E-state index in [1.54, 1.807) is 6.92 Å². The van der Waals surface area contributed by atoms with Gasteiger partial charge in [-0.05, 0) is 19.1 Å². The van der Waals surface area contributed by atoms with Gasteiger partial charge in [-0.25, -0.2) is 14.6 Å². The normalized spacial score (nSPS) is 10.8. The maximum Gasteiger partial charge on any atom is 0.331 e. The van der Waals surface area contributed by atoms with E-state index in [1.807, 2.05) is 24.3 Å². The first-order chi connectivity index (χ1) is 9.69. The summed E-state index contributed by atoms with van der Waals surface area (Å²) in [6.45, 7) is 2.05. The van der Waals surface area contributed by atoms with Crippen LogP contribution in [0.3, 0.4) is 0 Å². The molecular formula is C14H13NO4S. The molecule has 1 aromatic carbocycles. The highest BCUT2D eigenvalue weighted by atomic mass is 32.1. The fourth-order valence-electron chi connectivity index (χ4n) is 1.49. The Labute approximate surface area is 119 Å². The molecule has 2 aromatic rings. The molecule has 0 atom stereocenters. The van der Waals surface area contributed by atoms with Crippen LogP contribution in [0, 0.1) is 0 Å². The number of ether oxygens (including phenoxy) is 2. The average Bonchev–Trinajstić information content (AvgIpc) is 2.86. The van der Waals surface area contributed by atoms with Gasteiger partial charge in [0.15, 0.2) is 0 Å². The van der Waals surface area contributed by atoms with Crippen molar-refractivity contribution in [3.63, 3.8) is 0 Å². The van der Waals surface area contributed by atoms with Gasteiger partial charge in [-0.3, -0.25) is 0 Å². The number of carbonyl (C=O) groups is 2. The second-order valence-electron chi connectivity index (χ2n) is 3.77. The zero-order valence-electron chi connectivity index (χ0n) is 10.9. The number of hydrogen-bond acceptors (Lipinski definition) is 6. The van der Waals surface area contributed by atoms with Gasteiger partial charge in [-0.2, -0.15) is 0 Å². The van der Waals surface area contributed by atoms with Crippen LogP contribution in [-0.4, -0.2) is 23.5 Å². The molecule has 0 aliphatic heterocycles. The van der Waals surface area contributed by atoms with E-state index in [0.717, 1.165) is 22.4 Å². The smallest absolute Gasteiger partial charge is 0.331 e. The monoisotopic (exact) mass is 291 g/mol. The van der Waals surface area contributed by atoms with Crippen LogP contribution in [0.5, 0.6) is 0 Å². The quantitative estimate of drug-likeness (QED) is 0.625. The lowest BCUT2D eigenvalue weighted by atomic mass is 10.3. The Bertz CT molecular complexity index is 614. The van der Waals surface area contributed by atoms with Crippen LogP contribution in [0.1, 0.15) is 11.9 Å². The molecule has 5 nitrogen and oxygen atoms in total. The molecule has 0 radical (unpaired) electrons. The van der Waals surface area contributed by atoms with Crippen molar-refractivity contribution in [1.29, 1.82) is 0 Å². The molecule has 0 spiro atoms. The summed E-state index contributed by atoms with van der Waals surface area (Å²) >= 11 is 1.47. The van der Waals surface area contributed by atoms with Crippen molar-refractivity contribution in [1.82, 2.24) is 4.98 Å². The van der Waals surface area contributed by atoms with Gasteiger partial charge in [-0.1, -0.05) is 12.1 Å². The SMILES string of the molecule is CCOC(=O)C=CC(=O)OCc1nc2ccccc2s1. The highest BCUT2D eigenvalue weighted by molar-refractivity contribution is 7.18. The zero-order valence-corrected chi connectivity index (χ0v) is 11.7. The van der Waals surface area contributed by atoms with Gasteiger partial charge in [-0.15, -0.1) is 11.3 Å². The van der Waals surface area contributed by atoms with E-state index in [2.05, 4.69) is 9.72 Å². The highest BCUT2D eigenvalue weighted by Gasteiger charge is 2.06. The largest absolute Gasteiger partial charge is 0.463 e. The molecule has 1 aromatic heterocycles. The summed E-state index contributed by atoms with van der Waals surface area (Å²) in [5.74, 6) is -1.17. The van der Waals surface area contributed by atoms with Crippen molar-refractivity contribution in [2.75, 3.05) is 6.61 Å². The summed E-state index contributed by atoms with van der Waals surface area (Å²) < 4.78 is 10.7. The number of para-hydroxylation sites is 1. The van der Waals surface area contributed by atoms with Crippen LogP contribution in [0.4, 0.5) is 0 Å².